The van der Waals surface area contributed by atoms with Gasteiger partial charge < -0.3 is 10.1 Å². The smallest absolute Gasteiger partial charge is 0.245 e. The minimum Gasteiger partial charge on any atom is -0.497 e. The normalized spacial score (nSPS) is 16.0. The van der Waals surface area contributed by atoms with Crippen LogP contribution >= 0.6 is 0 Å². The van der Waals surface area contributed by atoms with Gasteiger partial charge in [-0.05, 0) is 37.1 Å². The Balaban J connectivity index is 1.68. The lowest BCUT2D eigenvalue weighted by Crippen LogP contribution is -2.57. The van der Waals surface area contributed by atoms with Crippen LogP contribution in [0.25, 0.3) is 10.9 Å². The number of methoxy groups -OCH3 is 1. The Kier molecular flexibility index (Phi) is 5.93. The molecule has 0 unspecified atom stereocenters. The van der Waals surface area contributed by atoms with E-state index in [0.717, 1.165) is 24.6 Å². The number of benzene rings is 2. The van der Waals surface area contributed by atoms with Gasteiger partial charge in [-0.3, -0.25) is 9.78 Å². The molecule has 3 aromatic rings. The highest BCUT2D eigenvalue weighted by atomic mass is 32.2. The number of pyridine rings is 1. The molecule has 1 aliphatic rings. The highest BCUT2D eigenvalue weighted by Gasteiger charge is 2.43. The molecule has 1 saturated carbocycles. The van der Waals surface area contributed by atoms with Crippen LogP contribution < -0.4 is 14.8 Å². The largest absolute Gasteiger partial charge is 0.497 e. The highest BCUT2D eigenvalue weighted by molar-refractivity contribution is 7.89. The van der Waals surface area contributed by atoms with Crippen molar-refractivity contribution in [3.05, 3.63) is 60.8 Å². The van der Waals surface area contributed by atoms with Crippen molar-refractivity contribution < 1.29 is 17.9 Å². The molecular weight excluding hydrogens is 414 g/mol. The summed E-state index contributed by atoms with van der Waals surface area (Å²) in [7, 11) is -2.44. The molecule has 1 aromatic heterocycles. The molecule has 0 radical (unpaired) electrons. The van der Waals surface area contributed by atoms with E-state index < -0.39 is 15.6 Å². The topological polar surface area (TPSA) is 97.4 Å². The summed E-state index contributed by atoms with van der Waals surface area (Å²) < 4.78 is 34.8. The van der Waals surface area contributed by atoms with Gasteiger partial charge in [0.05, 0.1) is 12.6 Å². The number of nitrogens with zero attached hydrogens (tertiary/aromatic N) is 1. The molecule has 0 spiro atoms. The Hall–Kier alpha value is -2.97. The fourth-order valence-corrected chi connectivity index (χ4v) is 5.69. The first kappa shape index (κ1) is 21.3. The van der Waals surface area contributed by atoms with E-state index in [1.807, 2.05) is 12.1 Å². The third kappa shape index (κ3) is 4.40. The second-order valence-electron chi connectivity index (χ2n) is 7.77. The van der Waals surface area contributed by atoms with Crippen molar-refractivity contribution >= 4 is 32.5 Å². The fraction of sp³-hybridized carbons (Fsp3) is 0.304. The summed E-state index contributed by atoms with van der Waals surface area (Å²) in [5.74, 6) is 0.245. The second-order valence-corrected chi connectivity index (χ2v) is 9.42. The van der Waals surface area contributed by atoms with Gasteiger partial charge in [-0.25, -0.2) is 8.42 Å². The second kappa shape index (κ2) is 8.64. The molecule has 2 N–H and O–H groups in total. The lowest BCUT2D eigenvalue weighted by molar-refractivity contribution is -0.122. The lowest BCUT2D eigenvalue weighted by atomic mass is 9.82. The number of anilines is 1. The number of fused-ring (bicyclic) bond motifs is 1. The molecule has 1 amide bonds. The summed E-state index contributed by atoms with van der Waals surface area (Å²) in [4.78, 5) is 17.7. The number of aromatic nitrogens is 1. The molecular formula is C23H25N3O4S. The highest BCUT2D eigenvalue weighted by Crippen LogP contribution is 2.32. The van der Waals surface area contributed by atoms with Crippen LogP contribution in [-0.4, -0.2) is 32.0 Å². The van der Waals surface area contributed by atoms with Gasteiger partial charge in [0.1, 0.15) is 16.2 Å². The molecule has 1 heterocycles. The number of hydrogen-bond acceptors (Lipinski definition) is 5. The van der Waals surface area contributed by atoms with Crippen LogP contribution in [0.2, 0.25) is 0 Å². The van der Waals surface area contributed by atoms with Crippen LogP contribution in [0.5, 0.6) is 5.75 Å². The Morgan fingerprint density at radius 2 is 1.77 bits per heavy atom. The lowest BCUT2D eigenvalue weighted by Gasteiger charge is -2.36. The molecule has 8 heteroatoms. The van der Waals surface area contributed by atoms with E-state index in [0.29, 0.717) is 29.8 Å². The van der Waals surface area contributed by atoms with Gasteiger partial charge in [-0.1, -0.05) is 43.5 Å². The van der Waals surface area contributed by atoms with Crippen LogP contribution in [0.1, 0.15) is 32.1 Å². The van der Waals surface area contributed by atoms with Gasteiger partial charge >= 0.3 is 0 Å². The Morgan fingerprint density at radius 1 is 1.03 bits per heavy atom. The standard InChI is InChI=1S/C23H25N3O4S/c1-30-19-11-6-10-18(16-19)25-22(27)23(13-3-2-4-14-23)26-31(28,29)20-12-5-8-17-9-7-15-24-21(17)20/h5-12,15-16,26H,2-4,13-14H2,1H3,(H,25,27). The number of carbonyl (C=O) groups is 1. The van der Waals surface area contributed by atoms with E-state index in [-0.39, 0.29) is 10.8 Å². The summed E-state index contributed by atoms with van der Waals surface area (Å²) in [5, 5.41) is 3.60. The van der Waals surface area contributed by atoms with Gasteiger partial charge in [0.2, 0.25) is 15.9 Å². The first-order chi connectivity index (χ1) is 14.9. The summed E-state index contributed by atoms with van der Waals surface area (Å²) in [6.07, 6.45) is 4.92. The molecule has 4 rings (SSSR count). The zero-order valence-corrected chi connectivity index (χ0v) is 18.1. The summed E-state index contributed by atoms with van der Waals surface area (Å²) >= 11 is 0. The third-order valence-electron chi connectivity index (χ3n) is 5.68. The predicted octanol–water partition coefficient (Wildman–Crippen LogP) is 3.86. The summed E-state index contributed by atoms with van der Waals surface area (Å²) in [5.41, 5.74) is -0.283. The van der Waals surface area contributed by atoms with Crippen molar-refractivity contribution in [2.24, 2.45) is 0 Å². The number of carbonyl (C=O) groups excluding carboxylic acids is 1. The molecule has 1 fully saturated rings. The van der Waals surface area contributed by atoms with Crippen molar-refractivity contribution in [3.8, 4) is 5.75 Å². The molecule has 1 aliphatic carbocycles. The minimum atomic E-state index is -3.99. The van der Waals surface area contributed by atoms with E-state index in [1.165, 1.54) is 6.07 Å². The monoisotopic (exact) mass is 439 g/mol. The van der Waals surface area contributed by atoms with Crippen molar-refractivity contribution in [1.82, 2.24) is 9.71 Å². The van der Waals surface area contributed by atoms with E-state index in [2.05, 4.69) is 15.0 Å². The van der Waals surface area contributed by atoms with Crippen LogP contribution in [0.15, 0.2) is 65.7 Å². The summed E-state index contributed by atoms with van der Waals surface area (Å²) in [6.45, 7) is 0. The quantitative estimate of drug-likeness (QED) is 0.608. The molecule has 2 aromatic carbocycles. The van der Waals surface area contributed by atoms with Crippen molar-refractivity contribution in [3.63, 3.8) is 0 Å². The van der Waals surface area contributed by atoms with Crippen LogP contribution in [0, 0.1) is 0 Å². The fourth-order valence-electron chi connectivity index (χ4n) is 4.09. The van der Waals surface area contributed by atoms with Crippen molar-refractivity contribution in [1.29, 1.82) is 0 Å². The predicted molar refractivity (Wildman–Crippen MR) is 120 cm³/mol. The maximum Gasteiger partial charge on any atom is 0.245 e. The number of hydrogen-bond donors (Lipinski definition) is 2. The SMILES string of the molecule is COc1cccc(NC(=O)C2(NS(=O)(=O)c3cccc4cccnc34)CCCCC2)c1. The van der Waals surface area contributed by atoms with Gasteiger partial charge in [0.25, 0.3) is 0 Å². The molecule has 0 saturated heterocycles. The average molecular weight is 440 g/mol. The Morgan fingerprint density at radius 3 is 2.55 bits per heavy atom. The van der Waals surface area contributed by atoms with Crippen LogP contribution in [0.4, 0.5) is 5.69 Å². The Bertz CT molecular complexity index is 1200. The van der Waals surface area contributed by atoms with Gasteiger partial charge in [0.15, 0.2) is 0 Å². The molecule has 0 bridgehead atoms. The van der Waals surface area contributed by atoms with E-state index in [1.54, 1.807) is 49.7 Å². The minimum absolute atomic E-state index is 0.0738. The molecule has 31 heavy (non-hydrogen) atoms. The molecule has 0 atom stereocenters. The van der Waals surface area contributed by atoms with E-state index >= 15 is 0 Å². The van der Waals surface area contributed by atoms with E-state index in [4.69, 9.17) is 4.74 Å². The van der Waals surface area contributed by atoms with Crippen LogP contribution in [-0.2, 0) is 14.8 Å². The zero-order chi connectivity index (χ0) is 21.9. The van der Waals surface area contributed by atoms with Crippen molar-refractivity contribution in [2.45, 2.75) is 42.5 Å². The molecule has 0 aliphatic heterocycles. The third-order valence-corrected chi connectivity index (χ3v) is 7.25. The number of rotatable bonds is 6. The Labute approximate surface area is 181 Å². The first-order valence-corrected chi connectivity index (χ1v) is 11.8. The first-order valence-electron chi connectivity index (χ1n) is 10.3. The van der Waals surface area contributed by atoms with Gasteiger partial charge in [0, 0.05) is 23.3 Å². The number of sulfonamides is 1. The summed E-state index contributed by atoms with van der Waals surface area (Å²) in [6, 6.07) is 15.6. The molecule has 162 valence electrons. The number of nitrogens with one attached hydrogen (secondary N) is 2. The average Bonchev–Trinajstić information content (AvgIpc) is 2.79. The molecule has 7 nitrogen and oxygen atoms in total. The van der Waals surface area contributed by atoms with Crippen molar-refractivity contribution in [2.75, 3.05) is 12.4 Å². The van der Waals surface area contributed by atoms with Crippen LogP contribution in [0.3, 0.4) is 0 Å². The van der Waals surface area contributed by atoms with Gasteiger partial charge in [-0.15, -0.1) is 0 Å². The van der Waals surface area contributed by atoms with Gasteiger partial charge in [-0.2, -0.15) is 4.72 Å². The van der Waals surface area contributed by atoms with E-state index in [9.17, 15) is 13.2 Å². The zero-order valence-electron chi connectivity index (χ0n) is 17.3. The maximum absolute atomic E-state index is 13.4. The number of ether oxygens (including phenoxy) is 1. The number of para-hydroxylation sites is 1. The number of amides is 1. The maximum atomic E-state index is 13.4.